The standard InChI is InChI=1S/C41H38N6O3/c1-40(2,3)47(39(48)49)41(22-8-23-41)29-17-12-27(13-18-29)36-35(28-16-21-32(43-25-28)26-14-19-30(50-4)20-15-26)45-38-31-9-5-6-10-33(31)44-37-34(46(36)38)11-7-24-42-37/h5-7,9-21,24-25H,8,22-23H2,1-4H3,(H,42,44)(H,48,49). The highest BCUT2D eigenvalue weighted by atomic mass is 16.5. The van der Waals surface area contributed by atoms with Crippen molar-refractivity contribution >= 4 is 17.6 Å². The Morgan fingerprint density at radius 2 is 1.60 bits per heavy atom. The second-order valence-electron chi connectivity index (χ2n) is 13.9. The lowest BCUT2D eigenvalue weighted by molar-refractivity contribution is -0.0328. The Morgan fingerprint density at radius 3 is 2.24 bits per heavy atom. The van der Waals surface area contributed by atoms with E-state index < -0.39 is 17.2 Å². The number of pyridine rings is 2. The topological polar surface area (TPSA) is 105 Å². The second kappa shape index (κ2) is 11.9. The zero-order chi connectivity index (χ0) is 34.6. The number of para-hydroxylation sites is 1. The number of aromatic nitrogens is 4. The summed E-state index contributed by atoms with van der Waals surface area (Å²) in [4.78, 5) is 29.3. The fourth-order valence-corrected chi connectivity index (χ4v) is 7.56. The lowest BCUT2D eigenvalue weighted by Gasteiger charge is -2.54. The van der Waals surface area contributed by atoms with Gasteiger partial charge < -0.3 is 15.2 Å². The van der Waals surface area contributed by atoms with Gasteiger partial charge in [0.15, 0.2) is 5.82 Å². The third-order valence-electron chi connectivity index (χ3n) is 9.92. The molecule has 0 radical (unpaired) electrons. The molecule has 1 saturated carbocycles. The number of benzene rings is 3. The third-order valence-corrected chi connectivity index (χ3v) is 9.92. The number of nitrogens with one attached hydrogen (secondary N) is 1. The van der Waals surface area contributed by atoms with E-state index >= 15 is 0 Å². The molecule has 0 unspecified atom stereocenters. The molecule has 3 aromatic carbocycles. The fourth-order valence-electron chi connectivity index (χ4n) is 7.56. The Bertz CT molecular complexity index is 2210. The van der Waals surface area contributed by atoms with Crippen molar-refractivity contribution in [1.29, 1.82) is 0 Å². The Morgan fingerprint density at radius 1 is 0.880 bits per heavy atom. The molecule has 2 N–H and O–H groups in total. The van der Waals surface area contributed by atoms with Gasteiger partial charge in [-0.05, 0) is 106 Å². The molecule has 9 nitrogen and oxygen atoms in total. The zero-order valence-corrected chi connectivity index (χ0v) is 28.5. The van der Waals surface area contributed by atoms with E-state index in [0.717, 1.165) is 92.9 Å². The summed E-state index contributed by atoms with van der Waals surface area (Å²) in [5, 5.41) is 13.9. The van der Waals surface area contributed by atoms with E-state index in [9.17, 15) is 9.90 Å². The Kier molecular flexibility index (Phi) is 7.44. The van der Waals surface area contributed by atoms with Gasteiger partial charge in [0.1, 0.15) is 11.6 Å². The van der Waals surface area contributed by atoms with E-state index in [1.807, 2.05) is 81.6 Å². The van der Waals surface area contributed by atoms with Crippen LogP contribution in [0.5, 0.6) is 5.75 Å². The lowest BCUT2D eigenvalue weighted by Crippen LogP contribution is -2.60. The number of methoxy groups -OCH3 is 1. The summed E-state index contributed by atoms with van der Waals surface area (Å²) in [5.74, 6) is 2.31. The van der Waals surface area contributed by atoms with Gasteiger partial charge in [0.2, 0.25) is 0 Å². The maximum absolute atomic E-state index is 12.7. The molecule has 250 valence electrons. The summed E-state index contributed by atoms with van der Waals surface area (Å²) in [6.07, 6.45) is 5.33. The number of imidazole rings is 1. The number of rotatable bonds is 6. The SMILES string of the molecule is COc1ccc(-c2ccc(-c3nc4n(c3-c3ccc(C5(N(C(=O)O)C(C)(C)C)CCC5)cc3)-c3cccnc3Nc3ccccc3-4)cn2)cc1. The summed E-state index contributed by atoms with van der Waals surface area (Å²) in [7, 11) is 1.66. The number of hydrogen-bond donors (Lipinski definition) is 2. The molecule has 9 heteroatoms. The molecule has 2 aliphatic rings. The highest BCUT2D eigenvalue weighted by Crippen LogP contribution is 2.50. The van der Waals surface area contributed by atoms with E-state index in [0.29, 0.717) is 0 Å². The van der Waals surface area contributed by atoms with Crippen LogP contribution in [0, 0.1) is 0 Å². The normalized spacial score (nSPS) is 14.2. The molecule has 0 spiro atoms. The first-order chi connectivity index (χ1) is 24.2. The van der Waals surface area contributed by atoms with Crippen molar-refractivity contribution in [3.05, 3.63) is 115 Å². The van der Waals surface area contributed by atoms with Gasteiger partial charge in [0.25, 0.3) is 0 Å². The monoisotopic (exact) mass is 662 g/mol. The average molecular weight is 663 g/mol. The Labute approximate surface area is 291 Å². The smallest absolute Gasteiger partial charge is 0.408 e. The van der Waals surface area contributed by atoms with Crippen molar-refractivity contribution in [3.63, 3.8) is 0 Å². The minimum atomic E-state index is -0.898. The third kappa shape index (κ3) is 5.08. The van der Waals surface area contributed by atoms with E-state index in [2.05, 4.69) is 52.3 Å². The van der Waals surface area contributed by atoms with Gasteiger partial charge >= 0.3 is 6.09 Å². The second-order valence-corrected chi connectivity index (χ2v) is 13.9. The fraction of sp³-hybridized carbons (Fsp3) is 0.220. The van der Waals surface area contributed by atoms with Gasteiger partial charge in [-0.15, -0.1) is 0 Å². The van der Waals surface area contributed by atoms with Crippen LogP contribution in [0.2, 0.25) is 0 Å². The number of amides is 1. The highest BCUT2D eigenvalue weighted by molar-refractivity contribution is 5.91. The first-order valence-corrected chi connectivity index (χ1v) is 16.9. The number of ether oxygens (including phenoxy) is 1. The van der Waals surface area contributed by atoms with Gasteiger partial charge in [-0.2, -0.15) is 0 Å². The van der Waals surface area contributed by atoms with Gasteiger partial charge in [-0.1, -0.05) is 36.4 Å². The van der Waals surface area contributed by atoms with Crippen LogP contribution in [0.15, 0.2) is 109 Å². The van der Waals surface area contributed by atoms with E-state index in [-0.39, 0.29) is 0 Å². The van der Waals surface area contributed by atoms with Crippen molar-refractivity contribution in [2.24, 2.45) is 0 Å². The van der Waals surface area contributed by atoms with E-state index in [1.165, 1.54) is 0 Å². The Hall–Kier alpha value is -5.96. The maximum Gasteiger partial charge on any atom is 0.408 e. The van der Waals surface area contributed by atoms with Gasteiger partial charge in [0, 0.05) is 40.2 Å². The molecule has 8 rings (SSSR count). The van der Waals surface area contributed by atoms with Crippen LogP contribution in [0.25, 0.3) is 50.8 Å². The number of nitrogens with zero attached hydrogens (tertiary/aromatic N) is 5. The van der Waals surface area contributed by atoms with Crippen LogP contribution in [0.4, 0.5) is 16.3 Å². The number of carboxylic acid groups (broad SMARTS) is 1. The number of fused-ring (bicyclic) bond motifs is 5. The molecule has 1 aliphatic heterocycles. The van der Waals surface area contributed by atoms with Gasteiger partial charge in [-0.3, -0.25) is 14.5 Å². The highest BCUT2D eigenvalue weighted by Gasteiger charge is 2.50. The zero-order valence-electron chi connectivity index (χ0n) is 28.5. The summed E-state index contributed by atoms with van der Waals surface area (Å²) >= 11 is 0. The van der Waals surface area contributed by atoms with E-state index in [1.54, 1.807) is 18.2 Å². The summed E-state index contributed by atoms with van der Waals surface area (Å²) in [5.41, 5.74) is 7.96. The van der Waals surface area contributed by atoms with Crippen LogP contribution in [0.3, 0.4) is 0 Å². The van der Waals surface area contributed by atoms with Crippen LogP contribution >= 0.6 is 0 Å². The molecular formula is C41H38N6O3. The van der Waals surface area contributed by atoms with Crippen LogP contribution in [-0.2, 0) is 5.54 Å². The molecule has 50 heavy (non-hydrogen) atoms. The van der Waals surface area contributed by atoms with Crippen molar-refractivity contribution in [2.45, 2.75) is 51.1 Å². The predicted molar refractivity (Wildman–Crippen MR) is 196 cm³/mol. The van der Waals surface area contributed by atoms with Crippen molar-refractivity contribution in [3.8, 4) is 56.6 Å². The van der Waals surface area contributed by atoms with E-state index in [4.69, 9.17) is 19.7 Å². The molecule has 0 saturated heterocycles. The average Bonchev–Trinajstić information content (AvgIpc) is 3.44. The molecule has 4 heterocycles. The number of hydrogen-bond acceptors (Lipinski definition) is 6. The minimum absolute atomic E-state index is 0.553. The first-order valence-electron chi connectivity index (χ1n) is 16.9. The molecule has 1 aliphatic carbocycles. The molecule has 3 aromatic heterocycles. The van der Waals surface area contributed by atoms with Crippen molar-refractivity contribution < 1.29 is 14.6 Å². The first kappa shape index (κ1) is 31.3. The molecule has 1 amide bonds. The van der Waals surface area contributed by atoms with Crippen LogP contribution in [-0.4, -0.2) is 48.3 Å². The minimum Gasteiger partial charge on any atom is -0.497 e. The molecule has 6 aromatic rings. The van der Waals surface area contributed by atoms with Crippen molar-refractivity contribution in [2.75, 3.05) is 12.4 Å². The number of anilines is 2. The van der Waals surface area contributed by atoms with Gasteiger partial charge in [0.05, 0.1) is 41.1 Å². The maximum atomic E-state index is 12.7. The lowest BCUT2D eigenvalue weighted by atomic mass is 9.69. The molecule has 0 bridgehead atoms. The van der Waals surface area contributed by atoms with Gasteiger partial charge in [-0.25, -0.2) is 14.8 Å². The molecular weight excluding hydrogens is 624 g/mol. The molecule has 0 atom stereocenters. The molecule has 1 fully saturated rings. The summed E-state index contributed by atoms with van der Waals surface area (Å²) in [6.45, 7) is 5.90. The number of carbonyl (C=O) groups is 1. The predicted octanol–water partition coefficient (Wildman–Crippen LogP) is 9.55. The largest absolute Gasteiger partial charge is 0.497 e. The van der Waals surface area contributed by atoms with Crippen molar-refractivity contribution in [1.82, 2.24) is 24.4 Å². The summed E-state index contributed by atoms with van der Waals surface area (Å²) < 4.78 is 7.52. The quantitative estimate of drug-likeness (QED) is 0.183. The van der Waals surface area contributed by atoms with Crippen LogP contribution < -0.4 is 10.1 Å². The summed E-state index contributed by atoms with van der Waals surface area (Å²) in [6, 6.07) is 32.5. The van der Waals surface area contributed by atoms with Crippen LogP contribution in [0.1, 0.15) is 45.6 Å². The Balaban J connectivity index is 1.31.